The van der Waals surface area contributed by atoms with Crippen LogP contribution in [0.15, 0.2) is 0 Å². The van der Waals surface area contributed by atoms with Crippen molar-refractivity contribution in [2.75, 3.05) is 26.2 Å². The Labute approximate surface area is 126 Å². The van der Waals surface area contributed by atoms with Gasteiger partial charge >= 0.3 is 30.9 Å². The van der Waals surface area contributed by atoms with Crippen LogP contribution in [0.1, 0.15) is 26.7 Å². The van der Waals surface area contributed by atoms with Gasteiger partial charge in [-0.3, -0.25) is 4.90 Å². The fourth-order valence-corrected chi connectivity index (χ4v) is 1.96. The van der Waals surface area contributed by atoms with Crippen LogP contribution in [0.2, 0.25) is 0 Å². The fourth-order valence-electron chi connectivity index (χ4n) is 1.96. The van der Waals surface area contributed by atoms with Crippen LogP contribution in [-0.2, 0) is 9.53 Å². The Morgan fingerprint density at radius 1 is 1.32 bits per heavy atom. The van der Waals surface area contributed by atoms with E-state index in [4.69, 9.17) is 9.84 Å². The molecule has 0 radical (unpaired) electrons. The van der Waals surface area contributed by atoms with Gasteiger partial charge in [0, 0.05) is 6.54 Å². The van der Waals surface area contributed by atoms with E-state index in [0.717, 1.165) is 13.1 Å². The van der Waals surface area contributed by atoms with Crippen molar-refractivity contribution in [3.8, 4) is 0 Å². The Morgan fingerprint density at radius 3 is 2.37 bits per heavy atom. The molecule has 7 heteroatoms. The second kappa shape index (κ2) is 9.24. The molecule has 1 aliphatic heterocycles. The number of carbonyl (C=O) groups excluding carboxylic acids is 1. The quantitative estimate of drug-likeness (QED) is 0.675. The summed E-state index contributed by atoms with van der Waals surface area (Å²) in [6.07, 6.45) is 1.73. The SMILES string of the molecule is CC(C)[C@H](NC(=O)OCCN1CCCC1)C(=O)O.[LiH]. The Kier molecular flexibility index (Phi) is 8.90. The topological polar surface area (TPSA) is 78.9 Å². The summed E-state index contributed by atoms with van der Waals surface area (Å²) in [4.78, 5) is 24.5. The molecule has 2 N–H and O–H groups in total. The van der Waals surface area contributed by atoms with E-state index in [0.29, 0.717) is 13.2 Å². The Balaban J connectivity index is 0.00000324. The number of amides is 1. The second-order valence-corrected chi connectivity index (χ2v) is 4.89. The monoisotopic (exact) mass is 266 g/mol. The number of carboxylic acids is 1. The van der Waals surface area contributed by atoms with E-state index in [2.05, 4.69) is 10.2 Å². The number of carboxylic acid groups (broad SMARTS) is 1. The average molecular weight is 266 g/mol. The number of alkyl carbamates (subject to hydrolysis) is 1. The number of hydrogen-bond donors (Lipinski definition) is 2. The minimum atomic E-state index is -1.04. The molecule has 0 saturated carbocycles. The zero-order chi connectivity index (χ0) is 13.5. The molecule has 1 aliphatic rings. The Hall–Kier alpha value is -0.703. The van der Waals surface area contributed by atoms with Crippen LogP contribution in [-0.4, -0.2) is 73.2 Å². The fraction of sp³-hybridized carbons (Fsp3) is 0.833. The molecule has 1 rings (SSSR count). The molecule has 0 aromatic rings. The zero-order valence-electron chi connectivity index (χ0n) is 11.0. The molecular formula is C12H23LiN2O4. The van der Waals surface area contributed by atoms with Crippen LogP contribution < -0.4 is 5.32 Å². The number of hydrogen-bond acceptors (Lipinski definition) is 4. The molecule has 0 aliphatic carbocycles. The number of nitrogens with zero attached hydrogens (tertiary/aromatic N) is 1. The van der Waals surface area contributed by atoms with Gasteiger partial charge in [-0.1, -0.05) is 13.8 Å². The molecule has 0 spiro atoms. The Morgan fingerprint density at radius 2 is 1.89 bits per heavy atom. The number of ether oxygens (including phenoxy) is 1. The third-order valence-corrected chi connectivity index (χ3v) is 3.05. The summed E-state index contributed by atoms with van der Waals surface area (Å²) in [5.74, 6) is -1.21. The number of nitrogens with one attached hydrogen (secondary N) is 1. The van der Waals surface area contributed by atoms with Gasteiger partial charge in [-0.05, 0) is 31.8 Å². The maximum atomic E-state index is 11.4. The van der Waals surface area contributed by atoms with E-state index in [-0.39, 0.29) is 24.8 Å². The molecule has 0 aromatic carbocycles. The summed E-state index contributed by atoms with van der Waals surface area (Å²) < 4.78 is 4.98. The number of rotatable bonds is 6. The first-order chi connectivity index (χ1) is 8.50. The first-order valence-corrected chi connectivity index (χ1v) is 6.39. The van der Waals surface area contributed by atoms with Crippen LogP contribution in [0, 0.1) is 5.92 Å². The van der Waals surface area contributed by atoms with E-state index in [1.165, 1.54) is 12.8 Å². The van der Waals surface area contributed by atoms with Gasteiger partial charge in [0.1, 0.15) is 12.6 Å². The molecule has 6 nitrogen and oxygen atoms in total. The minimum absolute atomic E-state index is 0. The van der Waals surface area contributed by atoms with Gasteiger partial charge in [-0.25, -0.2) is 9.59 Å². The number of aliphatic carboxylic acids is 1. The molecule has 0 bridgehead atoms. The molecule has 1 amide bonds. The van der Waals surface area contributed by atoms with Crippen molar-refractivity contribution in [1.82, 2.24) is 10.2 Å². The summed E-state index contributed by atoms with van der Waals surface area (Å²) >= 11 is 0. The predicted molar refractivity (Wildman–Crippen MR) is 73.6 cm³/mol. The Bertz CT molecular complexity index is 293. The molecule has 1 heterocycles. The summed E-state index contributed by atoms with van der Waals surface area (Å²) in [6.45, 7) is 6.60. The number of likely N-dealkylation sites (tertiary alicyclic amines) is 1. The van der Waals surface area contributed by atoms with Crippen molar-refractivity contribution in [1.29, 1.82) is 0 Å². The van der Waals surface area contributed by atoms with Crippen molar-refractivity contribution in [2.45, 2.75) is 32.7 Å². The van der Waals surface area contributed by atoms with E-state index in [1.54, 1.807) is 13.8 Å². The molecule has 19 heavy (non-hydrogen) atoms. The van der Waals surface area contributed by atoms with Crippen molar-refractivity contribution >= 4 is 30.9 Å². The van der Waals surface area contributed by atoms with Crippen molar-refractivity contribution in [2.24, 2.45) is 5.92 Å². The van der Waals surface area contributed by atoms with Gasteiger partial charge in [0.15, 0.2) is 0 Å². The molecule has 0 aromatic heterocycles. The van der Waals surface area contributed by atoms with Gasteiger partial charge in [0.25, 0.3) is 0 Å². The van der Waals surface area contributed by atoms with Crippen LogP contribution in [0.3, 0.4) is 0 Å². The summed E-state index contributed by atoms with van der Waals surface area (Å²) in [5.41, 5.74) is 0. The van der Waals surface area contributed by atoms with Gasteiger partial charge in [-0.2, -0.15) is 0 Å². The van der Waals surface area contributed by atoms with E-state index in [9.17, 15) is 9.59 Å². The summed E-state index contributed by atoms with van der Waals surface area (Å²) in [6, 6.07) is -0.899. The summed E-state index contributed by atoms with van der Waals surface area (Å²) in [5, 5.41) is 11.3. The van der Waals surface area contributed by atoms with Crippen LogP contribution in [0.4, 0.5) is 4.79 Å². The summed E-state index contributed by atoms with van der Waals surface area (Å²) in [7, 11) is 0. The molecular weight excluding hydrogens is 243 g/mol. The van der Waals surface area contributed by atoms with E-state index >= 15 is 0 Å². The van der Waals surface area contributed by atoms with Crippen molar-refractivity contribution in [3.63, 3.8) is 0 Å². The second-order valence-electron chi connectivity index (χ2n) is 4.89. The molecule has 106 valence electrons. The van der Waals surface area contributed by atoms with Crippen LogP contribution in [0.25, 0.3) is 0 Å². The van der Waals surface area contributed by atoms with Gasteiger partial charge in [-0.15, -0.1) is 0 Å². The zero-order valence-corrected chi connectivity index (χ0v) is 11.0. The third kappa shape index (κ3) is 6.86. The van der Waals surface area contributed by atoms with E-state index < -0.39 is 18.1 Å². The van der Waals surface area contributed by atoms with Crippen molar-refractivity contribution < 1.29 is 19.4 Å². The maximum absolute atomic E-state index is 11.4. The first-order valence-electron chi connectivity index (χ1n) is 6.39. The van der Waals surface area contributed by atoms with Gasteiger partial charge in [0.2, 0.25) is 0 Å². The van der Waals surface area contributed by atoms with Crippen LogP contribution in [0.5, 0.6) is 0 Å². The third-order valence-electron chi connectivity index (χ3n) is 3.05. The van der Waals surface area contributed by atoms with Crippen molar-refractivity contribution in [3.05, 3.63) is 0 Å². The molecule has 1 fully saturated rings. The molecule has 1 saturated heterocycles. The average Bonchev–Trinajstić information content (AvgIpc) is 2.78. The van der Waals surface area contributed by atoms with Gasteiger partial charge < -0.3 is 15.2 Å². The van der Waals surface area contributed by atoms with E-state index in [1.807, 2.05) is 0 Å². The normalized spacial score (nSPS) is 16.8. The van der Waals surface area contributed by atoms with Gasteiger partial charge in [0.05, 0.1) is 0 Å². The first kappa shape index (κ1) is 18.3. The number of carbonyl (C=O) groups is 2. The molecule has 1 atom stereocenters. The molecule has 0 unspecified atom stereocenters. The van der Waals surface area contributed by atoms with Crippen LogP contribution >= 0.6 is 0 Å². The standard InChI is InChI=1S/C12H22N2O4.Li.H/c1-9(2)10(11(15)16)13-12(17)18-8-7-14-5-3-4-6-14;;/h9-10H,3-8H2,1-2H3,(H,13,17)(H,15,16);;/t10-;;/m0../s1. The predicted octanol–water partition coefficient (Wildman–Crippen LogP) is 0.269.